The van der Waals surface area contributed by atoms with Gasteiger partial charge in [-0.15, -0.1) is 0 Å². The summed E-state index contributed by atoms with van der Waals surface area (Å²) in [6, 6.07) is 3.63. The lowest BCUT2D eigenvalue weighted by Crippen LogP contribution is -2.41. The molecule has 31 heavy (non-hydrogen) atoms. The average Bonchev–Trinajstić information content (AvgIpc) is 3.13. The zero-order valence-corrected chi connectivity index (χ0v) is 17.8. The standard InChI is InChI=1S/C28H27BO2/c1-27(2)28(3,4)31-29(30-27)22-14-10-13-21(19-22)24-18-17-23(20-11-6-5-7-12-20)25-15-8-9-16-26(24)25/h5-19H,1-4H3/i8D,9D,10D,13D,14D,15D,16D,17D,18D,19D. The van der Waals surface area contributed by atoms with E-state index in [0.717, 1.165) is 0 Å². The summed E-state index contributed by atoms with van der Waals surface area (Å²) in [4.78, 5) is 0. The van der Waals surface area contributed by atoms with Crippen molar-refractivity contribution in [2.45, 2.75) is 38.9 Å². The van der Waals surface area contributed by atoms with Crippen LogP contribution in [0, 0.1) is 0 Å². The van der Waals surface area contributed by atoms with Gasteiger partial charge in [0.1, 0.15) is 0 Å². The average molecular weight is 416 g/mol. The van der Waals surface area contributed by atoms with E-state index in [1.54, 1.807) is 58.0 Å². The molecular weight excluding hydrogens is 379 g/mol. The van der Waals surface area contributed by atoms with Crippen LogP contribution in [0.1, 0.15) is 41.4 Å². The SMILES string of the molecule is [2H]c1c([2H])c(B2OC(C)(C)C(C)(C)O2)c([2H])c(-c2c([2H])c([2H])c(-c3ccccc3)c3c([2H])c([2H])c([2H])c([2H])c23)c1[2H]. The van der Waals surface area contributed by atoms with Crippen molar-refractivity contribution >= 4 is 23.4 Å². The van der Waals surface area contributed by atoms with Gasteiger partial charge in [0.25, 0.3) is 0 Å². The minimum atomic E-state index is -1.24. The molecule has 2 nitrogen and oxygen atoms in total. The van der Waals surface area contributed by atoms with Gasteiger partial charge in [-0.25, -0.2) is 0 Å². The van der Waals surface area contributed by atoms with E-state index >= 15 is 0 Å². The second kappa shape index (κ2) is 7.37. The van der Waals surface area contributed by atoms with Crippen LogP contribution in [0.3, 0.4) is 0 Å². The summed E-state index contributed by atoms with van der Waals surface area (Å²) in [7, 11) is -1.24. The molecule has 1 saturated heterocycles. The molecule has 0 unspecified atom stereocenters. The van der Waals surface area contributed by atoms with Crippen molar-refractivity contribution in [2.24, 2.45) is 0 Å². The minimum Gasteiger partial charge on any atom is -0.399 e. The number of hydrogen-bond acceptors (Lipinski definition) is 2. The summed E-state index contributed by atoms with van der Waals surface area (Å²) in [6.45, 7) is 7.17. The highest BCUT2D eigenvalue weighted by Crippen LogP contribution is 2.38. The molecule has 5 rings (SSSR count). The smallest absolute Gasteiger partial charge is 0.399 e. The molecule has 0 atom stereocenters. The second-order valence-corrected chi connectivity index (χ2v) is 8.49. The number of hydrogen-bond donors (Lipinski definition) is 0. The van der Waals surface area contributed by atoms with Crippen LogP contribution in [-0.4, -0.2) is 18.3 Å². The lowest BCUT2D eigenvalue weighted by Gasteiger charge is -2.32. The van der Waals surface area contributed by atoms with Crippen molar-refractivity contribution < 1.29 is 23.0 Å². The van der Waals surface area contributed by atoms with Gasteiger partial charge in [-0.2, -0.15) is 0 Å². The first-order chi connectivity index (χ1) is 19.0. The van der Waals surface area contributed by atoms with Crippen molar-refractivity contribution in [2.75, 3.05) is 0 Å². The molecule has 154 valence electrons. The molecule has 0 amide bonds. The van der Waals surface area contributed by atoms with E-state index in [-0.39, 0.29) is 39.0 Å². The van der Waals surface area contributed by atoms with E-state index < -0.39 is 72.7 Å². The molecule has 1 heterocycles. The third kappa shape index (κ3) is 3.48. The lowest BCUT2D eigenvalue weighted by atomic mass is 9.77. The molecule has 0 saturated carbocycles. The van der Waals surface area contributed by atoms with Crippen molar-refractivity contribution in [3.63, 3.8) is 0 Å². The van der Waals surface area contributed by atoms with Crippen molar-refractivity contribution in [1.29, 1.82) is 0 Å². The predicted octanol–water partition coefficient (Wildman–Crippen LogP) is 6.47. The highest BCUT2D eigenvalue weighted by atomic mass is 16.7. The quantitative estimate of drug-likeness (QED) is 0.356. The number of benzene rings is 4. The Hall–Kier alpha value is -2.88. The summed E-state index contributed by atoms with van der Waals surface area (Å²) < 4.78 is 99.6. The third-order valence-electron chi connectivity index (χ3n) is 5.95. The van der Waals surface area contributed by atoms with E-state index in [1.165, 1.54) is 0 Å². The molecule has 4 aromatic rings. The van der Waals surface area contributed by atoms with E-state index in [4.69, 9.17) is 23.0 Å². The molecule has 1 aliphatic rings. The zero-order valence-electron chi connectivity index (χ0n) is 27.8. The van der Waals surface area contributed by atoms with Crippen LogP contribution in [0.5, 0.6) is 0 Å². The molecule has 0 N–H and O–H groups in total. The van der Waals surface area contributed by atoms with Gasteiger partial charge in [0.2, 0.25) is 0 Å². The van der Waals surface area contributed by atoms with Gasteiger partial charge < -0.3 is 9.31 Å². The maximum atomic E-state index is 9.15. The molecule has 3 heteroatoms. The molecular formula is C28H27BO2. The highest BCUT2D eigenvalue weighted by Gasteiger charge is 2.51. The van der Waals surface area contributed by atoms with Crippen molar-refractivity contribution in [1.82, 2.24) is 0 Å². The van der Waals surface area contributed by atoms with Crippen LogP contribution in [0.25, 0.3) is 33.0 Å². The fourth-order valence-electron chi connectivity index (χ4n) is 3.51. The van der Waals surface area contributed by atoms with Gasteiger partial charge in [0, 0.05) is 0 Å². The monoisotopic (exact) mass is 416 g/mol. The first-order valence-corrected chi connectivity index (χ1v) is 10.1. The van der Waals surface area contributed by atoms with Gasteiger partial charge in [0.05, 0.1) is 24.9 Å². The zero-order chi connectivity index (χ0) is 30.3. The van der Waals surface area contributed by atoms with Gasteiger partial charge in [-0.1, -0.05) is 90.8 Å². The maximum absolute atomic E-state index is 9.15. The fourth-order valence-corrected chi connectivity index (χ4v) is 3.51. The summed E-state index contributed by atoms with van der Waals surface area (Å²) in [5.74, 6) is 0. The Morgan fingerprint density at radius 2 is 1.26 bits per heavy atom. The van der Waals surface area contributed by atoms with E-state index in [0.29, 0.717) is 5.56 Å². The normalized spacial score (nSPS) is 21.7. The Kier molecular flexibility index (Phi) is 2.77. The Morgan fingerprint density at radius 1 is 0.677 bits per heavy atom. The Balaban J connectivity index is 1.97. The van der Waals surface area contributed by atoms with Crippen LogP contribution >= 0.6 is 0 Å². The first-order valence-electron chi connectivity index (χ1n) is 15.1. The van der Waals surface area contributed by atoms with E-state index in [1.807, 2.05) is 0 Å². The molecule has 0 radical (unpaired) electrons. The Labute approximate surface area is 199 Å². The Bertz CT molecular complexity index is 1740. The fraction of sp³-hybridized carbons (Fsp3) is 0.214. The summed E-state index contributed by atoms with van der Waals surface area (Å²) in [5, 5.41) is -0.175. The van der Waals surface area contributed by atoms with Crippen LogP contribution in [0.15, 0.2) is 90.8 Å². The molecule has 0 spiro atoms. The Morgan fingerprint density at radius 3 is 1.87 bits per heavy atom. The van der Waals surface area contributed by atoms with Crippen LogP contribution in [0.2, 0.25) is 0 Å². The number of rotatable bonds is 3. The largest absolute Gasteiger partial charge is 0.494 e. The van der Waals surface area contributed by atoms with Crippen LogP contribution in [0.4, 0.5) is 0 Å². The molecule has 0 aromatic heterocycles. The maximum Gasteiger partial charge on any atom is 0.494 e. The second-order valence-electron chi connectivity index (χ2n) is 8.49. The van der Waals surface area contributed by atoms with E-state index in [9.17, 15) is 0 Å². The van der Waals surface area contributed by atoms with Crippen LogP contribution in [-0.2, 0) is 9.31 Å². The molecule has 0 aliphatic carbocycles. The van der Waals surface area contributed by atoms with Gasteiger partial charge in [0.15, 0.2) is 0 Å². The third-order valence-corrected chi connectivity index (χ3v) is 5.95. The summed E-state index contributed by atoms with van der Waals surface area (Å²) in [5.41, 5.74) is -1.78. The number of fused-ring (bicyclic) bond motifs is 1. The summed E-state index contributed by atoms with van der Waals surface area (Å²) >= 11 is 0. The molecule has 4 aromatic carbocycles. The lowest BCUT2D eigenvalue weighted by molar-refractivity contribution is 0.00578. The van der Waals surface area contributed by atoms with Gasteiger partial charge >= 0.3 is 7.12 Å². The topological polar surface area (TPSA) is 18.5 Å². The summed E-state index contributed by atoms with van der Waals surface area (Å²) in [6.07, 6.45) is 0. The van der Waals surface area contributed by atoms with Crippen LogP contribution < -0.4 is 5.46 Å². The molecule has 0 bridgehead atoms. The van der Waals surface area contributed by atoms with E-state index in [2.05, 4.69) is 0 Å². The van der Waals surface area contributed by atoms with Gasteiger partial charge in [-0.3, -0.25) is 0 Å². The van der Waals surface area contributed by atoms with Crippen molar-refractivity contribution in [3.05, 3.63) is 90.8 Å². The highest BCUT2D eigenvalue weighted by molar-refractivity contribution is 6.62. The molecule has 1 fully saturated rings. The van der Waals surface area contributed by atoms with Crippen molar-refractivity contribution in [3.8, 4) is 22.3 Å². The van der Waals surface area contributed by atoms with Gasteiger partial charge in [-0.05, 0) is 66.2 Å². The first kappa shape index (κ1) is 11.7. The predicted molar refractivity (Wildman–Crippen MR) is 131 cm³/mol. The molecule has 1 aliphatic heterocycles. The minimum absolute atomic E-state index is 0.0318.